The number of carbonyl (C=O) groups excluding carboxylic acids is 1. The van der Waals surface area contributed by atoms with Crippen molar-refractivity contribution in [3.8, 4) is 0 Å². The van der Waals surface area contributed by atoms with Gasteiger partial charge in [0, 0.05) is 25.7 Å². The van der Waals surface area contributed by atoms with Gasteiger partial charge in [0.1, 0.15) is 5.71 Å². The van der Waals surface area contributed by atoms with E-state index in [4.69, 9.17) is 0 Å². The SMILES string of the molecule is CC.CN=C1C(=O)N(CN(CC(C)C)CC(C)C)c2ccccc21. The van der Waals surface area contributed by atoms with Gasteiger partial charge in [-0.2, -0.15) is 0 Å². The van der Waals surface area contributed by atoms with E-state index in [2.05, 4.69) is 37.6 Å². The molecule has 0 spiro atoms. The molecule has 134 valence electrons. The minimum atomic E-state index is 0.0150. The molecule has 0 saturated heterocycles. The summed E-state index contributed by atoms with van der Waals surface area (Å²) in [6.07, 6.45) is 0. The summed E-state index contributed by atoms with van der Waals surface area (Å²) in [5.74, 6) is 1.17. The molecule has 1 heterocycles. The fourth-order valence-electron chi connectivity index (χ4n) is 3.04. The topological polar surface area (TPSA) is 35.9 Å². The summed E-state index contributed by atoms with van der Waals surface area (Å²) in [5.41, 5.74) is 2.50. The number of hydrogen-bond acceptors (Lipinski definition) is 3. The largest absolute Gasteiger partial charge is 0.293 e. The van der Waals surface area contributed by atoms with Crippen molar-refractivity contribution in [3.63, 3.8) is 0 Å². The van der Waals surface area contributed by atoms with E-state index in [1.165, 1.54) is 0 Å². The van der Waals surface area contributed by atoms with Gasteiger partial charge in [-0.25, -0.2) is 0 Å². The standard InChI is InChI=1S/C18H27N3O.C2H6/c1-13(2)10-20(11-14(3)4)12-21-16-9-7-6-8-15(16)17(19-5)18(21)22;1-2/h6-9,13-14H,10-12H2,1-5H3;1-2H3. The molecule has 1 aromatic carbocycles. The lowest BCUT2D eigenvalue weighted by atomic mass is 10.1. The van der Waals surface area contributed by atoms with Gasteiger partial charge in [-0.05, 0) is 17.9 Å². The van der Waals surface area contributed by atoms with E-state index in [1.54, 1.807) is 7.05 Å². The first-order valence-corrected chi connectivity index (χ1v) is 9.04. The number of hydrogen-bond donors (Lipinski definition) is 0. The third kappa shape index (κ3) is 4.91. The van der Waals surface area contributed by atoms with Gasteiger partial charge >= 0.3 is 0 Å². The second-order valence-electron chi connectivity index (χ2n) is 6.79. The summed E-state index contributed by atoms with van der Waals surface area (Å²) in [6.45, 7) is 15.5. The van der Waals surface area contributed by atoms with Gasteiger partial charge < -0.3 is 0 Å². The normalized spacial score (nSPS) is 15.3. The summed E-state index contributed by atoms with van der Waals surface area (Å²) in [7, 11) is 1.69. The molecule has 0 unspecified atom stereocenters. The van der Waals surface area contributed by atoms with E-state index in [0.717, 1.165) is 24.3 Å². The first-order chi connectivity index (χ1) is 11.4. The average molecular weight is 332 g/mol. The van der Waals surface area contributed by atoms with Gasteiger partial charge in [-0.3, -0.25) is 19.6 Å². The first-order valence-electron chi connectivity index (χ1n) is 9.04. The van der Waals surface area contributed by atoms with Crippen LogP contribution in [0.2, 0.25) is 0 Å². The van der Waals surface area contributed by atoms with E-state index >= 15 is 0 Å². The second-order valence-corrected chi connectivity index (χ2v) is 6.79. The van der Waals surface area contributed by atoms with Crippen LogP contribution in [0.25, 0.3) is 0 Å². The Morgan fingerprint density at radius 3 is 2.08 bits per heavy atom. The van der Waals surface area contributed by atoms with Crippen molar-refractivity contribution >= 4 is 17.3 Å². The molecule has 0 aliphatic carbocycles. The van der Waals surface area contributed by atoms with Crippen LogP contribution in [-0.2, 0) is 4.79 Å². The van der Waals surface area contributed by atoms with Gasteiger partial charge in [-0.1, -0.05) is 59.7 Å². The summed E-state index contributed by atoms with van der Waals surface area (Å²) < 4.78 is 0. The van der Waals surface area contributed by atoms with Crippen molar-refractivity contribution < 1.29 is 4.79 Å². The zero-order valence-corrected chi connectivity index (χ0v) is 16.3. The molecule has 4 nitrogen and oxygen atoms in total. The minimum Gasteiger partial charge on any atom is -0.293 e. The molecule has 0 saturated carbocycles. The number of benzene rings is 1. The highest BCUT2D eigenvalue weighted by Crippen LogP contribution is 2.29. The Morgan fingerprint density at radius 2 is 1.58 bits per heavy atom. The molecule has 24 heavy (non-hydrogen) atoms. The van der Waals surface area contributed by atoms with Crippen LogP contribution in [-0.4, -0.2) is 43.3 Å². The monoisotopic (exact) mass is 331 g/mol. The number of rotatable bonds is 6. The van der Waals surface area contributed by atoms with Crippen LogP contribution in [0.4, 0.5) is 5.69 Å². The predicted octanol–water partition coefficient (Wildman–Crippen LogP) is 4.05. The van der Waals surface area contributed by atoms with Crippen molar-refractivity contribution in [2.45, 2.75) is 41.5 Å². The van der Waals surface area contributed by atoms with Crippen molar-refractivity contribution in [2.75, 3.05) is 31.7 Å². The molecule has 1 aromatic rings. The number of anilines is 1. The van der Waals surface area contributed by atoms with Crippen molar-refractivity contribution in [3.05, 3.63) is 29.8 Å². The first kappa shape index (κ1) is 20.4. The highest BCUT2D eigenvalue weighted by molar-refractivity contribution is 6.54. The van der Waals surface area contributed by atoms with Crippen LogP contribution in [0.15, 0.2) is 29.3 Å². The maximum atomic E-state index is 12.7. The van der Waals surface area contributed by atoms with Crippen molar-refractivity contribution in [1.82, 2.24) is 4.90 Å². The molecule has 0 N–H and O–H groups in total. The molecule has 1 aliphatic heterocycles. The van der Waals surface area contributed by atoms with E-state index < -0.39 is 0 Å². The smallest absolute Gasteiger partial charge is 0.278 e. The van der Waals surface area contributed by atoms with Gasteiger partial charge in [0.05, 0.1) is 12.4 Å². The lowest BCUT2D eigenvalue weighted by Crippen LogP contribution is -2.43. The molecule has 0 fully saturated rings. The molecule has 1 aliphatic rings. The zero-order valence-electron chi connectivity index (χ0n) is 16.3. The Morgan fingerprint density at radius 1 is 1.04 bits per heavy atom. The van der Waals surface area contributed by atoms with Crippen LogP contribution in [0.3, 0.4) is 0 Å². The van der Waals surface area contributed by atoms with Gasteiger partial charge in [0.15, 0.2) is 0 Å². The lowest BCUT2D eigenvalue weighted by molar-refractivity contribution is -0.112. The molecular weight excluding hydrogens is 298 g/mol. The van der Waals surface area contributed by atoms with Crippen LogP contribution in [0.5, 0.6) is 0 Å². The van der Waals surface area contributed by atoms with Gasteiger partial charge in [0.2, 0.25) is 0 Å². The Balaban J connectivity index is 0.00000139. The summed E-state index contributed by atoms with van der Waals surface area (Å²) >= 11 is 0. The molecule has 0 atom stereocenters. The third-order valence-corrected chi connectivity index (χ3v) is 3.71. The maximum absolute atomic E-state index is 12.7. The van der Waals surface area contributed by atoms with Crippen LogP contribution in [0.1, 0.15) is 47.1 Å². The summed E-state index contributed by atoms with van der Waals surface area (Å²) in [6, 6.07) is 7.92. The Bertz CT molecular complexity index is 554. The molecule has 0 bridgehead atoms. The summed E-state index contributed by atoms with van der Waals surface area (Å²) in [5, 5.41) is 0. The zero-order chi connectivity index (χ0) is 18.3. The van der Waals surface area contributed by atoms with Crippen LogP contribution < -0.4 is 4.90 Å². The van der Waals surface area contributed by atoms with Crippen LogP contribution >= 0.6 is 0 Å². The number of carbonyl (C=O) groups is 1. The predicted molar refractivity (Wildman–Crippen MR) is 104 cm³/mol. The number of para-hydroxylation sites is 1. The fourth-order valence-corrected chi connectivity index (χ4v) is 3.04. The molecule has 0 aromatic heterocycles. The third-order valence-electron chi connectivity index (χ3n) is 3.71. The molecule has 0 radical (unpaired) electrons. The Kier molecular flexibility index (Phi) is 8.13. The Labute approximate surface area is 147 Å². The number of aliphatic imine (C=N–C) groups is 1. The average Bonchev–Trinajstić information content (AvgIpc) is 2.80. The van der Waals surface area contributed by atoms with E-state index in [0.29, 0.717) is 24.2 Å². The summed E-state index contributed by atoms with van der Waals surface area (Å²) in [4.78, 5) is 21.1. The quantitative estimate of drug-likeness (QED) is 0.788. The number of amides is 1. The fraction of sp³-hybridized carbons (Fsp3) is 0.600. The van der Waals surface area contributed by atoms with Crippen molar-refractivity contribution in [2.24, 2.45) is 16.8 Å². The second kappa shape index (κ2) is 9.58. The molecule has 2 rings (SSSR count). The molecular formula is C20H33N3O. The molecule has 1 amide bonds. The minimum absolute atomic E-state index is 0.0150. The number of fused-ring (bicyclic) bond motifs is 1. The maximum Gasteiger partial charge on any atom is 0.278 e. The highest BCUT2D eigenvalue weighted by Gasteiger charge is 2.34. The van der Waals surface area contributed by atoms with E-state index in [9.17, 15) is 4.79 Å². The van der Waals surface area contributed by atoms with Crippen molar-refractivity contribution in [1.29, 1.82) is 0 Å². The number of nitrogens with zero attached hydrogens (tertiary/aromatic N) is 3. The Hall–Kier alpha value is -1.68. The molecule has 4 heteroatoms. The van der Waals surface area contributed by atoms with E-state index in [-0.39, 0.29) is 5.91 Å². The van der Waals surface area contributed by atoms with E-state index in [1.807, 2.05) is 43.0 Å². The van der Waals surface area contributed by atoms with Gasteiger partial charge in [0.25, 0.3) is 5.91 Å². The van der Waals surface area contributed by atoms with Crippen LogP contribution in [0, 0.1) is 11.8 Å². The highest BCUT2D eigenvalue weighted by atomic mass is 16.2. The lowest BCUT2D eigenvalue weighted by Gasteiger charge is -2.30. The van der Waals surface area contributed by atoms with Gasteiger partial charge in [-0.15, -0.1) is 0 Å².